The number of aromatic nitrogens is 1. The average Bonchev–Trinajstić information content (AvgIpc) is 2.54. The third kappa shape index (κ3) is 2.59. The van der Waals surface area contributed by atoms with Crippen LogP contribution in [-0.2, 0) is 16.0 Å². The molecule has 4 nitrogen and oxygen atoms in total. The molecule has 1 rings (SSSR count). The highest BCUT2D eigenvalue weighted by molar-refractivity contribution is 5.37. The van der Waals surface area contributed by atoms with Crippen molar-refractivity contribution in [2.24, 2.45) is 5.73 Å². The molecule has 1 aromatic heterocycles. The average molecular weight is 182 g/mol. The van der Waals surface area contributed by atoms with Crippen molar-refractivity contribution in [3.63, 3.8) is 0 Å². The van der Waals surface area contributed by atoms with Gasteiger partial charge in [0.05, 0.1) is 0 Å². The van der Waals surface area contributed by atoms with Crippen molar-refractivity contribution >= 4 is 6.47 Å². The molecule has 0 radical (unpaired) electrons. The minimum absolute atomic E-state index is 0.246. The van der Waals surface area contributed by atoms with E-state index in [-0.39, 0.29) is 6.23 Å². The van der Waals surface area contributed by atoms with Gasteiger partial charge in [0.1, 0.15) is 0 Å². The molecule has 1 unspecified atom stereocenters. The third-order valence-corrected chi connectivity index (χ3v) is 1.88. The van der Waals surface area contributed by atoms with E-state index in [1.807, 2.05) is 23.0 Å². The molecule has 72 valence electrons. The Balaban J connectivity index is 2.61. The molecule has 0 bridgehead atoms. The Bertz CT molecular complexity index is 270. The van der Waals surface area contributed by atoms with Crippen molar-refractivity contribution in [3.8, 4) is 0 Å². The first-order valence-electron chi connectivity index (χ1n) is 4.23. The van der Waals surface area contributed by atoms with Crippen LogP contribution in [0.4, 0.5) is 0 Å². The fourth-order valence-corrected chi connectivity index (χ4v) is 1.15. The molecular formula is C9H14N2O2. The lowest BCUT2D eigenvalue weighted by molar-refractivity contribution is -0.136. The van der Waals surface area contributed by atoms with Crippen LogP contribution in [-0.4, -0.2) is 17.6 Å². The van der Waals surface area contributed by atoms with E-state index in [2.05, 4.69) is 0 Å². The van der Waals surface area contributed by atoms with Crippen LogP contribution in [0.25, 0.3) is 0 Å². The summed E-state index contributed by atoms with van der Waals surface area (Å²) in [5, 5.41) is 0. The number of hydrogen-bond acceptors (Lipinski definition) is 3. The molecule has 0 fully saturated rings. The highest BCUT2D eigenvalue weighted by atomic mass is 16.5. The second-order valence-electron chi connectivity index (χ2n) is 2.84. The van der Waals surface area contributed by atoms with Crippen LogP contribution in [0.1, 0.15) is 18.7 Å². The van der Waals surface area contributed by atoms with Gasteiger partial charge < -0.3 is 15.0 Å². The second-order valence-corrected chi connectivity index (χ2v) is 2.84. The van der Waals surface area contributed by atoms with E-state index >= 15 is 0 Å². The van der Waals surface area contributed by atoms with E-state index in [1.165, 1.54) is 0 Å². The Morgan fingerprint density at radius 1 is 1.77 bits per heavy atom. The van der Waals surface area contributed by atoms with Gasteiger partial charge in [0.15, 0.2) is 6.23 Å². The molecule has 0 aliphatic rings. The van der Waals surface area contributed by atoms with Gasteiger partial charge in [-0.3, -0.25) is 4.79 Å². The van der Waals surface area contributed by atoms with Crippen molar-refractivity contribution in [2.45, 2.75) is 19.6 Å². The van der Waals surface area contributed by atoms with Gasteiger partial charge in [-0.15, -0.1) is 0 Å². The Morgan fingerprint density at radius 3 is 3.15 bits per heavy atom. The summed E-state index contributed by atoms with van der Waals surface area (Å²) in [4.78, 5) is 10.1. The van der Waals surface area contributed by atoms with Gasteiger partial charge in [-0.05, 0) is 31.5 Å². The minimum atomic E-state index is -0.246. The second kappa shape index (κ2) is 4.67. The first-order valence-corrected chi connectivity index (χ1v) is 4.23. The SMILES string of the molecule is CC(OC=O)n1ccc(CCN)c1. The predicted octanol–water partition coefficient (Wildman–Crippen LogP) is 0.681. The first kappa shape index (κ1) is 9.80. The lowest BCUT2D eigenvalue weighted by Crippen LogP contribution is -2.06. The van der Waals surface area contributed by atoms with Crippen LogP contribution >= 0.6 is 0 Å². The summed E-state index contributed by atoms with van der Waals surface area (Å²) in [6, 6.07) is 1.97. The van der Waals surface area contributed by atoms with Crippen molar-refractivity contribution in [1.82, 2.24) is 4.57 Å². The smallest absolute Gasteiger partial charge is 0.295 e. The largest absolute Gasteiger partial charge is 0.444 e. The molecule has 0 aromatic carbocycles. The summed E-state index contributed by atoms with van der Waals surface area (Å²) >= 11 is 0. The van der Waals surface area contributed by atoms with Gasteiger partial charge >= 0.3 is 0 Å². The summed E-state index contributed by atoms with van der Waals surface area (Å²) in [6.45, 7) is 2.89. The van der Waals surface area contributed by atoms with Crippen LogP contribution in [0.3, 0.4) is 0 Å². The van der Waals surface area contributed by atoms with Gasteiger partial charge in [0, 0.05) is 12.4 Å². The van der Waals surface area contributed by atoms with Gasteiger partial charge in [0.2, 0.25) is 0 Å². The standard InChI is InChI=1S/C9H14N2O2/c1-8(13-7-12)11-5-3-9(6-11)2-4-10/h3,5-8H,2,4,10H2,1H3. The third-order valence-electron chi connectivity index (χ3n) is 1.88. The Labute approximate surface area is 77.3 Å². The van der Waals surface area contributed by atoms with E-state index < -0.39 is 0 Å². The van der Waals surface area contributed by atoms with Crippen LogP contribution in [0.15, 0.2) is 18.5 Å². The number of nitrogens with two attached hydrogens (primary N) is 1. The number of nitrogens with zero attached hydrogens (tertiary/aromatic N) is 1. The zero-order valence-electron chi connectivity index (χ0n) is 7.64. The molecular weight excluding hydrogens is 168 g/mol. The fraction of sp³-hybridized carbons (Fsp3) is 0.444. The summed E-state index contributed by atoms with van der Waals surface area (Å²) in [5.41, 5.74) is 6.56. The molecule has 0 amide bonds. The van der Waals surface area contributed by atoms with Crippen molar-refractivity contribution in [3.05, 3.63) is 24.0 Å². The summed E-state index contributed by atoms with van der Waals surface area (Å²) in [5.74, 6) is 0. The van der Waals surface area contributed by atoms with E-state index in [4.69, 9.17) is 10.5 Å². The molecule has 0 spiro atoms. The molecule has 0 aliphatic heterocycles. The molecule has 0 aliphatic carbocycles. The molecule has 0 saturated carbocycles. The maximum atomic E-state index is 10.1. The van der Waals surface area contributed by atoms with Gasteiger partial charge in [-0.2, -0.15) is 0 Å². The maximum absolute atomic E-state index is 10.1. The molecule has 1 aromatic rings. The number of rotatable bonds is 5. The van der Waals surface area contributed by atoms with Crippen LogP contribution in [0.5, 0.6) is 0 Å². The van der Waals surface area contributed by atoms with E-state index in [9.17, 15) is 4.79 Å². The summed E-state index contributed by atoms with van der Waals surface area (Å²) in [6.07, 6.45) is 4.41. The van der Waals surface area contributed by atoms with E-state index in [1.54, 1.807) is 6.92 Å². The fourth-order valence-electron chi connectivity index (χ4n) is 1.15. The quantitative estimate of drug-likeness (QED) is 0.681. The predicted molar refractivity (Wildman–Crippen MR) is 49.1 cm³/mol. The van der Waals surface area contributed by atoms with E-state index in [0.717, 1.165) is 12.0 Å². The zero-order chi connectivity index (χ0) is 9.68. The number of hydrogen-bond donors (Lipinski definition) is 1. The van der Waals surface area contributed by atoms with Crippen molar-refractivity contribution in [2.75, 3.05) is 6.54 Å². The highest BCUT2D eigenvalue weighted by Gasteiger charge is 2.03. The molecule has 1 heterocycles. The number of ether oxygens (including phenoxy) is 1. The van der Waals surface area contributed by atoms with Crippen molar-refractivity contribution < 1.29 is 9.53 Å². The molecule has 1 atom stereocenters. The van der Waals surface area contributed by atoms with Crippen LogP contribution < -0.4 is 5.73 Å². The Morgan fingerprint density at radius 2 is 2.54 bits per heavy atom. The van der Waals surface area contributed by atoms with Crippen LogP contribution in [0.2, 0.25) is 0 Å². The monoisotopic (exact) mass is 182 g/mol. The Kier molecular flexibility index (Phi) is 3.52. The van der Waals surface area contributed by atoms with Crippen LogP contribution in [0, 0.1) is 0 Å². The minimum Gasteiger partial charge on any atom is -0.444 e. The van der Waals surface area contributed by atoms with Gasteiger partial charge in [-0.1, -0.05) is 0 Å². The first-order chi connectivity index (χ1) is 6.27. The molecule has 0 saturated heterocycles. The molecule has 13 heavy (non-hydrogen) atoms. The van der Waals surface area contributed by atoms with Gasteiger partial charge in [-0.25, -0.2) is 0 Å². The Hall–Kier alpha value is -1.29. The highest BCUT2D eigenvalue weighted by Crippen LogP contribution is 2.09. The van der Waals surface area contributed by atoms with E-state index in [0.29, 0.717) is 13.0 Å². The number of carbonyl (C=O) groups is 1. The lowest BCUT2D eigenvalue weighted by atomic mass is 10.2. The summed E-state index contributed by atoms with van der Waals surface area (Å²) < 4.78 is 6.60. The molecule has 4 heteroatoms. The molecule has 2 N–H and O–H groups in total. The number of carbonyl (C=O) groups excluding carboxylic acids is 1. The zero-order valence-corrected chi connectivity index (χ0v) is 7.64. The maximum Gasteiger partial charge on any atom is 0.295 e. The van der Waals surface area contributed by atoms with Crippen molar-refractivity contribution in [1.29, 1.82) is 0 Å². The topological polar surface area (TPSA) is 57.2 Å². The normalized spacial score (nSPS) is 12.5. The van der Waals surface area contributed by atoms with Gasteiger partial charge in [0.25, 0.3) is 6.47 Å². The summed E-state index contributed by atoms with van der Waals surface area (Å²) in [7, 11) is 0. The lowest BCUT2D eigenvalue weighted by Gasteiger charge is -2.10.